The fourth-order valence-corrected chi connectivity index (χ4v) is 4.80. The third-order valence-corrected chi connectivity index (χ3v) is 6.90. The summed E-state index contributed by atoms with van der Waals surface area (Å²) in [6.45, 7) is 9.53. The molecule has 3 aliphatic rings. The number of carbonyl (C=O) groups excluding carboxylic acids is 4. The lowest BCUT2D eigenvalue weighted by molar-refractivity contribution is -0.118. The number of urea groups is 1. The van der Waals surface area contributed by atoms with Crippen molar-refractivity contribution < 1.29 is 23.9 Å². The molecule has 1 saturated heterocycles. The molecule has 1 atom stereocenters. The number of ether oxygens (including phenoxy) is 1. The van der Waals surface area contributed by atoms with Gasteiger partial charge >= 0.3 is 12.1 Å². The van der Waals surface area contributed by atoms with Crippen LogP contribution in [-0.2, 0) is 16.0 Å². The molecule has 36 heavy (non-hydrogen) atoms. The monoisotopic (exact) mass is 498 g/mol. The maximum atomic E-state index is 13.6. The van der Waals surface area contributed by atoms with Gasteiger partial charge in [-0.2, -0.15) is 0 Å². The first-order valence-electron chi connectivity index (χ1n) is 13.0. The van der Waals surface area contributed by atoms with E-state index >= 15 is 0 Å². The van der Waals surface area contributed by atoms with Crippen LogP contribution in [0.5, 0.6) is 0 Å². The van der Waals surface area contributed by atoms with Gasteiger partial charge in [-0.15, -0.1) is 0 Å². The number of piperazine rings is 1. The molecule has 2 heterocycles. The van der Waals surface area contributed by atoms with Crippen molar-refractivity contribution >= 4 is 29.5 Å². The molecule has 0 bridgehead atoms. The van der Waals surface area contributed by atoms with Gasteiger partial charge in [0.05, 0.1) is 0 Å². The lowest BCUT2D eigenvalue weighted by Crippen LogP contribution is -2.56. The van der Waals surface area contributed by atoms with Crippen molar-refractivity contribution in [1.29, 1.82) is 0 Å². The largest absolute Gasteiger partial charge is 0.444 e. The summed E-state index contributed by atoms with van der Waals surface area (Å²) in [6, 6.07) is 4.76. The second kappa shape index (κ2) is 10.5. The number of ketones is 1. The lowest BCUT2D eigenvalue weighted by atomic mass is 10.0. The molecule has 196 valence electrons. The lowest BCUT2D eigenvalue weighted by Gasteiger charge is -2.39. The molecule has 9 nitrogen and oxygen atoms in total. The topological polar surface area (TPSA) is 99.3 Å². The Labute approximate surface area is 213 Å². The van der Waals surface area contributed by atoms with Crippen molar-refractivity contribution in [3.63, 3.8) is 0 Å². The van der Waals surface area contributed by atoms with Crippen molar-refractivity contribution in [3.05, 3.63) is 29.3 Å². The zero-order valence-electron chi connectivity index (χ0n) is 21.8. The molecule has 0 aromatic heterocycles. The van der Waals surface area contributed by atoms with Gasteiger partial charge in [-0.05, 0) is 63.8 Å². The van der Waals surface area contributed by atoms with Gasteiger partial charge in [0.1, 0.15) is 11.4 Å². The standard InChI is InChI=1S/C27H38N4O5/c1-18-15-22(32)17-21-16-20(24(33)28-10-9-19-5-6-19)7-8-23(21)31(18)25(34)29-11-13-30(14-12-29)26(35)36-27(2,3)4/h7-8,16,18-19H,5-6,9-15,17H2,1-4H3,(H,28,33)/t18-/m0/s1. The Kier molecular flexibility index (Phi) is 7.57. The van der Waals surface area contributed by atoms with E-state index in [2.05, 4.69) is 5.32 Å². The summed E-state index contributed by atoms with van der Waals surface area (Å²) in [5, 5.41) is 2.97. The van der Waals surface area contributed by atoms with Crippen molar-refractivity contribution in [2.24, 2.45) is 5.92 Å². The molecule has 1 aromatic carbocycles. The van der Waals surface area contributed by atoms with E-state index in [1.165, 1.54) is 12.8 Å². The highest BCUT2D eigenvalue weighted by atomic mass is 16.6. The van der Waals surface area contributed by atoms with Crippen LogP contribution in [-0.4, -0.2) is 78.0 Å². The van der Waals surface area contributed by atoms with E-state index in [0.717, 1.165) is 12.3 Å². The molecule has 1 aromatic rings. The molecule has 2 fully saturated rings. The minimum atomic E-state index is -0.575. The van der Waals surface area contributed by atoms with Gasteiger partial charge in [-0.25, -0.2) is 9.59 Å². The average molecular weight is 499 g/mol. The normalized spacial score (nSPS) is 20.5. The summed E-state index contributed by atoms with van der Waals surface area (Å²) in [5.41, 5.74) is 1.29. The van der Waals surface area contributed by atoms with Crippen molar-refractivity contribution in [3.8, 4) is 0 Å². The van der Waals surface area contributed by atoms with Crippen LogP contribution in [0.3, 0.4) is 0 Å². The van der Waals surface area contributed by atoms with Crippen LogP contribution >= 0.6 is 0 Å². The first-order valence-corrected chi connectivity index (χ1v) is 13.0. The molecule has 1 aliphatic carbocycles. The van der Waals surface area contributed by atoms with E-state index in [0.29, 0.717) is 49.5 Å². The van der Waals surface area contributed by atoms with E-state index in [4.69, 9.17) is 4.74 Å². The van der Waals surface area contributed by atoms with E-state index in [-0.39, 0.29) is 42.7 Å². The molecule has 2 aliphatic heterocycles. The second-order valence-corrected chi connectivity index (χ2v) is 11.2. The summed E-state index contributed by atoms with van der Waals surface area (Å²) in [4.78, 5) is 56.4. The maximum Gasteiger partial charge on any atom is 0.410 e. The third kappa shape index (κ3) is 6.36. The number of hydrogen-bond acceptors (Lipinski definition) is 5. The Morgan fingerprint density at radius 2 is 1.72 bits per heavy atom. The van der Waals surface area contributed by atoms with Crippen molar-refractivity contribution in [2.45, 2.75) is 71.4 Å². The van der Waals surface area contributed by atoms with Crippen LogP contribution < -0.4 is 10.2 Å². The number of amides is 4. The van der Waals surface area contributed by atoms with Gasteiger partial charge in [-0.1, -0.05) is 12.8 Å². The van der Waals surface area contributed by atoms with Gasteiger partial charge in [0.2, 0.25) is 0 Å². The first kappa shape index (κ1) is 26.0. The molecular weight excluding hydrogens is 460 g/mol. The molecule has 1 N–H and O–H groups in total. The van der Waals surface area contributed by atoms with Crippen LogP contribution in [0.2, 0.25) is 0 Å². The zero-order valence-corrected chi connectivity index (χ0v) is 21.8. The predicted molar refractivity (Wildman–Crippen MR) is 136 cm³/mol. The minimum Gasteiger partial charge on any atom is -0.444 e. The van der Waals surface area contributed by atoms with Crippen LogP contribution in [0.1, 0.15) is 69.3 Å². The van der Waals surface area contributed by atoms with Gasteiger partial charge in [0.25, 0.3) is 5.91 Å². The number of Topliss-reactive ketones (excluding diaryl/α,β-unsaturated/α-hetero) is 1. The summed E-state index contributed by atoms with van der Waals surface area (Å²) < 4.78 is 5.45. The Morgan fingerprint density at radius 1 is 1.06 bits per heavy atom. The quantitative estimate of drug-likeness (QED) is 0.684. The molecule has 9 heteroatoms. The van der Waals surface area contributed by atoms with Crippen molar-refractivity contribution in [1.82, 2.24) is 15.1 Å². The molecule has 4 rings (SSSR count). The number of nitrogens with one attached hydrogen (secondary N) is 1. The fraction of sp³-hybridized carbons (Fsp3) is 0.630. The van der Waals surface area contributed by atoms with Crippen molar-refractivity contribution in [2.75, 3.05) is 37.6 Å². The Balaban J connectivity index is 1.46. The molecule has 1 saturated carbocycles. The van der Waals surface area contributed by atoms with Crippen LogP contribution in [0.25, 0.3) is 0 Å². The Bertz CT molecular complexity index is 1020. The first-order chi connectivity index (χ1) is 17.0. The smallest absolute Gasteiger partial charge is 0.410 e. The summed E-state index contributed by atoms with van der Waals surface area (Å²) >= 11 is 0. The van der Waals surface area contributed by atoms with Gasteiger partial charge < -0.3 is 19.9 Å². The van der Waals surface area contributed by atoms with Gasteiger partial charge in [0, 0.05) is 62.9 Å². The molecule has 0 spiro atoms. The summed E-state index contributed by atoms with van der Waals surface area (Å²) in [6.07, 6.45) is 3.55. The highest BCUT2D eigenvalue weighted by Gasteiger charge is 2.35. The van der Waals surface area contributed by atoms with Crippen LogP contribution in [0.4, 0.5) is 15.3 Å². The predicted octanol–water partition coefficient (Wildman–Crippen LogP) is 3.60. The molecule has 0 radical (unpaired) electrons. The molecule has 0 unspecified atom stereocenters. The number of rotatable bonds is 4. The van der Waals surface area contributed by atoms with E-state index < -0.39 is 5.60 Å². The molecule has 4 amide bonds. The van der Waals surface area contributed by atoms with Crippen LogP contribution in [0.15, 0.2) is 18.2 Å². The highest BCUT2D eigenvalue weighted by molar-refractivity contribution is 6.00. The third-order valence-electron chi connectivity index (χ3n) is 6.90. The second-order valence-electron chi connectivity index (χ2n) is 11.2. The van der Waals surface area contributed by atoms with E-state index in [1.807, 2.05) is 27.7 Å². The average Bonchev–Trinajstić information content (AvgIpc) is 3.64. The van der Waals surface area contributed by atoms with Crippen LogP contribution in [0, 0.1) is 5.92 Å². The van der Waals surface area contributed by atoms with E-state index in [1.54, 1.807) is 32.9 Å². The number of fused-ring (bicyclic) bond motifs is 1. The van der Waals surface area contributed by atoms with E-state index in [9.17, 15) is 19.2 Å². The number of nitrogens with zero attached hydrogens (tertiary/aromatic N) is 3. The summed E-state index contributed by atoms with van der Waals surface area (Å²) in [7, 11) is 0. The maximum absolute atomic E-state index is 13.6. The molecular formula is C27H38N4O5. The highest BCUT2D eigenvalue weighted by Crippen LogP contribution is 2.32. The Morgan fingerprint density at radius 3 is 2.36 bits per heavy atom. The number of carbonyl (C=O) groups is 4. The zero-order chi connectivity index (χ0) is 26.0. The fourth-order valence-electron chi connectivity index (χ4n) is 4.80. The van der Waals surface area contributed by atoms with Gasteiger partial charge in [-0.3, -0.25) is 14.5 Å². The SMILES string of the molecule is C[C@H]1CC(=O)Cc2cc(C(=O)NCCC3CC3)ccc2N1C(=O)N1CCN(C(=O)OC(C)(C)C)CC1. The number of anilines is 1. The number of benzene rings is 1. The Hall–Kier alpha value is -3.10. The minimum absolute atomic E-state index is 0.0417. The van der Waals surface area contributed by atoms with Gasteiger partial charge in [0.15, 0.2) is 0 Å². The summed E-state index contributed by atoms with van der Waals surface area (Å²) in [5.74, 6) is 0.626. The number of hydrogen-bond donors (Lipinski definition) is 1.